The molecule has 4 amide bonds. The number of imide groups is 1. The third-order valence-corrected chi connectivity index (χ3v) is 10.4. The van der Waals surface area contributed by atoms with Crippen LogP contribution >= 0.6 is 0 Å². The molecule has 12 nitrogen and oxygen atoms in total. The number of aryl methyl sites for hydroxylation is 2. The molecule has 2 fully saturated rings. The molecule has 2 atom stereocenters. The topological polar surface area (TPSA) is 123 Å². The summed E-state index contributed by atoms with van der Waals surface area (Å²) in [4.78, 5) is 71.3. The zero-order valence-corrected chi connectivity index (χ0v) is 28.0. The Bertz CT molecular complexity index is 1550. The summed E-state index contributed by atoms with van der Waals surface area (Å²) in [5.74, 6) is -0.882. The molecule has 0 N–H and O–H groups in total. The number of carbonyl (C=O) groups excluding carboxylic acids is 4. The Labute approximate surface area is 258 Å². The van der Waals surface area contributed by atoms with E-state index in [0.29, 0.717) is 55.7 Å². The van der Waals surface area contributed by atoms with Gasteiger partial charge in [0.05, 0.1) is 17.1 Å². The number of piperidine rings is 1. The third kappa shape index (κ3) is 6.21. The number of ether oxygens (including phenoxy) is 2. The van der Waals surface area contributed by atoms with E-state index in [2.05, 4.69) is 19.6 Å². The van der Waals surface area contributed by atoms with Crippen LogP contribution in [0, 0.1) is 0 Å². The highest BCUT2D eigenvalue weighted by atomic mass is 28.3. The molecule has 0 radical (unpaired) electrons. The summed E-state index contributed by atoms with van der Waals surface area (Å²) in [6.45, 7) is 13.7. The second-order valence-corrected chi connectivity index (χ2v) is 20.0. The van der Waals surface area contributed by atoms with Crippen molar-refractivity contribution < 1.29 is 28.7 Å². The molecular formula is C31H45N5O7Si. The van der Waals surface area contributed by atoms with Crippen LogP contribution in [0.4, 0.5) is 4.79 Å². The quantitative estimate of drug-likeness (QED) is 0.273. The van der Waals surface area contributed by atoms with E-state index in [1.807, 2.05) is 25.7 Å². The Hall–Kier alpha value is -3.45. The smallest absolute Gasteiger partial charge is 0.410 e. The van der Waals surface area contributed by atoms with Crippen LogP contribution in [0.15, 0.2) is 16.9 Å². The minimum atomic E-state index is -1.34. The van der Waals surface area contributed by atoms with E-state index in [0.717, 1.165) is 16.5 Å². The maximum absolute atomic E-state index is 13.8. The molecule has 0 saturated carbocycles. The van der Waals surface area contributed by atoms with Crippen molar-refractivity contribution in [3.05, 3.63) is 33.7 Å². The molecule has 3 aliphatic heterocycles. The number of hydrogen-bond donors (Lipinski definition) is 0. The number of imidazole rings is 1. The van der Waals surface area contributed by atoms with E-state index in [-0.39, 0.29) is 49.2 Å². The van der Waals surface area contributed by atoms with E-state index in [1.54, 1.807) is 24.1 Å². The Morgan fingerprint density at radius 2 is 1.75 bits per heavy atom. The van der Waals surface area contributed by atoms with Crippen LogP contribution in [0.5, 0.6) is 0 Å². The average molecular weight is 628 g/mol. The maximum Gasteiger partial charge on any atom is 0.410 e. The van der Waals surface area contributed by atoms with Crippen LogP contribution < -0.4 is 5.69 Å². The van der Waals surface area contributed by atoms with Gasteiger partial charge in [-0.15, -0.1) is 0 Å². The van der Waals surface area contributed by atoms with Crippen molar-refractivity contribution in [2.75, 3.05) is 33.0 Å². The minimum absolute atomic E-state index is 0.125. The van der Waals surface area contributed by atoms with Crippen molar-refractivity contribution in [2.24, 2.45) is 7.05 Å². The van der Waals surface area contributed by atoms with Crippen molar-refractivity contribution in [2.45, 2.75) is 89.8 Å². The Morgan fingerprint density at radius 1 is 1.02 bits per heavy atom. The Kier molecular flexibility index (Phi) is 8.57. The first kappa shape index (κ1) is 32.0. The van der Waals surface area contributed by atoms with E-state index in [9.17, 15) is 24.0 Å². The van der Waals surface area contributed by atoms with E-state index < -0.39 is 25.6 Å². The number of aromatic nitrogens is 2. The summed E-state index contributed by atoms with van der Waals surface area (Å²) < 4.78 is 14.3. The molecule has 0 bridgehead atoms. The predicted octanol–water partition coefficient (Wildman–Crippen LogP) is 3.35. The standard InChI is InChI=1S/C31H45N5O7Si/c1-31(2,3)43-30(41)33-14-15-34-20(18-33)8-9-21-22(27(34)38)10-11-23-26(21)32(4)29(40)36(23)24-12-13-25(37)35(28(24)39)19-42-16-17-44(5,6)7/h10-11,20,24H,8-9,12-19H2,1-7H3/t20-,24?/m1/s1. The summed E-state index contributed by atoms with van der Waals surface area (Å²) in [7, 11) is 0.318. The van der Waals surface area contributed by atoms with Gasteiger partial charge < -0.3 is 19.3 Å². The van der Waals surface area contributed by atoms with Crippen LogP contribution in [-0.2, 0) is 32.5 Å². The largest absolute Gasteiger partial charge is 0.444 e. The Balaban J connectivity index is 1.41. The number of piperazine rings is 1. The van der Waals surface area contributed by atoms with E-state index in [1.165, 1.54) is 9.13 Å². The van der Waals surface area contributed by atoms with Crippen LogP contribution in [0.3, 0.4) is 0 Å². The molecule has 0 spiro atoms. The van der Waals surface area contributed by atoms with Gasteiger partial charge in [0.15, 0.2) is 0 Å². The summed E-state index contributed by atoms with van der Waals surface area (Å²) in [6.07, 6.45) is 1.09. The molecule has 2 saturated heterocycles. The molecule has 44 heavy (non-hydrogen) atoms. The minimum Gasteiger partial charge on any atom is -0.444 e. The summed E-state index contributed by atoms with van der Waals surface area (Å²) >= 11 is 0. The number of amides is 4. The number of hydrogen-bond acceptors (Lipinski definition) is 7. The second kappa shape index (κ2) is 11.8. The first-order valence-corrected chi connectivity index (χ1v) is 19.2. The molecule has 5 rings (SSSR count). The van der Waals surface area contributed by atoms with Crippen molar-refractivity contribution in [1.29, 1.82) is 0 Å². The van der Waals surface area contributed by atoms with Crippen LogP contribution in [0.1, 0.15) is 62.0 Å². The zero-order valence-electron chi connectivity index (χ0n) is 27.0. The lowest BCUT2D eigenvalue weighted by atomic mass is 9.99. The SMILES string of the molecule is Cn1c(=O)n(C2CCC(=O)N(COCC[Si](C)(C)C)C2=O)c2ccc3c(c21)CC[C@@H]1CN(C(=O)OC(C)(C)C)CCN1C3=O. The van der Waals surface area contributed by atoms with Crippen molar-refractivity contribution in [3.63, 3.8) is 0 Å². The lowest BCUT2D eigenvalue weighted by molar-refractivity contribution is -0.157. The van der Waals surface area contributed by atoms with Gasteiger partial charge in [-0.05, 0) is 63.8 Å². The summed E-state index contributed by atoms with van der Waals surface area (Å²) in [6, 6.07) is 3.36. The molecular weight excluding hydrogens is 582 g/mol. The normalized spacial score (nSPS) is 21.4. The van der Waals surface area contributed by atoms with E-state index in [4.69, 9.17) is 9.47 Å². The summed E-state index contributed by atoms with van der Waals surface area (Å²) in [5, 5.41) is 0. The van der Waals surface area contributed by atoms with Gasteiger partial charge in [-0.25, -0.2) is 9.59 Å². The molecule has 3 aliphatic rings. The second-order valence-electron chi connectivity index (χ2n) is 14.4. The van der Waals surface area contributed by atoms with Gasteiger partial charge in [0, 0.05) is 53.3 Å². The molecule has 2 aromatic rings. The number of benzene rings is 1. The molecule has 13 heteroatoms. The first-order chi connectivity index (χ1) is 20.6. The number of fused-ring (bicyclic) bond motifs is 4. The van der Waals surface area contributed by atoms with Gasteiger partial charge in [0.2, 0.25) is 5.91 Å². The van der Waals surface area contributed by atoms with Crippen molar-refractivity contribution >= 4 is 42.9 Å². The predicted molar refractivity (Wildman–Crippen MR) is 167 cm³/mol. The van der Waals surface area contributed by atoms with Crippen LogP contribution in [0.2, 0.25) is 25.7 Å². The fourth-order valence-corrected chi connectivity index (χ4v) is 7.12. The van der Waals surface area contributed by atoms with Gasteiger partial charge in [-0.1, -0.05) is 19.6 Å². The number of carbonyl (C=O) groups is 4. The zero-order chi connectivity index (χ0) is 32.1. The number of nitrogens with zero attached hydrogens (tertiary/aromatic N) is 5. The van der Waals surface area contributed by atoms with Gasteiger partial charge >= 0.3 is 11.8 Å². The van der Waals surface area contributed by atoms with Crippen LogP contribution in [-0.4, -0.2) is 100 Å². The van der Waals surface area contributed by atoms with E-state index >= 15 is 0 Å². The van der Waals surface area contributed by atoms with Crippen molar-refractivity contribution in [1.82, 2.24) is 23.8 Å². The third-order valence-electron chi connectivity index (χ3n) is 8.71. The fourth-order valence-electron chi connectivity index (χ4n) is 6.37. The highest BCUT2D eigenvalue weighted by molar-refractivity contribution is 6.76. The number of likely N-dealkylation sites (tertiary alicyclic amines) is 1. The fraction of sp³-hybridized carbons (Fsp3) is 0.645. The summed E-state index contributed by atoms with van der Waals surface area (Å²) in [5.41, 5.74) is 1.49. The lowest BCUT2D eigenvalue weighted by Gasteiger charge is -2.40. The number of rotatable bonds is 6. The molecule has 1 aromatic heterocycles. The highest BCUT2D eigenvalue weighted by Gasteiger charge is 2.40. The monoisotopic (exact) mass is 627 g/mol. The maximum atomic E-state index is 13.8. The molecule has 4 heterocycles. The lowest BCUT2D eigenvalue weighted by Crippen LogP contribution is -2.56. The highest BCUT2D eigenvalue weighted by Crippen LogP contribution is 2.33. The van der Waals surface area contributed by atoms with Gasteiger partial charge in [-0.3, -0.25) is 28.4 Å². The molecule has 1 aromatic carbocycles. The molecule has 240 valence electrons. The van der Waals surface area contributed by atoms with Gasteiger partial charge in [-0.2, -0.15) is 0 Å². The van der Waals surface area contributed by atoms with Gasteiger partial charge in [0.1, 0.15) is 18.4 Å². The molecule has 0 aliphatic carbocycles. The van der Waals surface area contributed by atoms with Gasteiger partial charge in [0.25, 0.3) is 11.8 Å². The average Bonchev–Trinajstić information content (AvgIpc) is 3.09. The van der Waals surface area contributed by atoms with Crippen molar-refractivity contribution in [3.8, 4) is 0 Å². The first-order valence-electron chi connectivity index (χ1n) is 15.5. The Morgan fingerprint density at radius 3 is 2.43 bits per heavy atom. The van der Waals surface area contributed by atoms with Crippen LogP contribution in [0.25, 0.3) is 11.0 Å². The molecule has 1 unspecified atom stereocenters.